The summed E-state index contributed by atoms with van der Waals surface area (Å²) in [7, 11) is 0. The molecule has 1 saturated heterocycles. The first-order valence-electron chi connectivity index (χ1n) is 10.1. The van der Waals surface area contributed by atoms with Crippen molar-refractivity contribution in [3.05, 3.63) is 68.9 Å². The third kappa shape index (κ3) is 4.43. The molecule has 6 nitrogen and oxygen atoms in total. The lowest BCUT2D eigenvalue weighted by Gasteiger charge is -2.26. The largest absolute Gasteiger partial charge is 0.392 e. The van der Waals surface area contributed by atoms with Gasteiger partial charge in [0.1, 0.15) is 0 Å². The minimum Gasteiger partial charge on any atom is -0.392 e. The summed E-state index contributed by atoms with van der Waals surface area (Å²) >= 11 is 2.17. The predicted octanol–water partition coefficient (Wildman–Crippen LogP) is 3.36. The van der Waals surface area contributed by atoms with Crippen LogP contribution in [0, 0.1) is 3.57 Å². The number of amides is 2. The van der Waals surface area contributed by atoms with Crippen LogP contribution in [0.2, 0.25) is 0 Å². The number of benzene rings is 2. The monoisotopic (exact) mass is 517 g/mol. The number of imide groups is 1. The number of rotatable bonds is 5. The summed E-state index contributed by atoms with van der Waals surface area (Å²) in [6.07, 6.45) is 3.48. The van der Waals surface area contributed by atoms with E-state index < -0.39 is 5.91 Å². The Balaban J connectivity index is 1.48. The van der Waals surface area contributed by atoms with Crippen LogP contribution < -0.4 is 10.6 Å². The van der Waals surface area contributed by atoms with E-state index in [1.807, 2.05) is 31.2 Å². The van der Waals surface area contributed by atoms with Crippen molar-refractivity contribution in [3.8, 4) is 0 Å². The third-order valence-electron chi connectivity index (χ3n) is 5.68. The Hall–Kier alpha value is -2.23. The van der Waals surface area contributed by atoms with Gasteiger partial charge in [0.25, 0.3) is 11.8 Å². The van der Waals surface area contributed by atoms with E-state index in [4.69, 9.17) is 0 Å². The summed E-state index contributed by atoms with van der Waals surface area (Å²) in [6.45, 7) is 3.68. The fourth-order valence-corrected chi connectivity index (χ4v) is 4.62. The van der Waals surface area contributed by atoms with E-state index in [1.54, 1.807) is 12.3 Å². The van der Waals surface area contributed by atoms with E-state index in [9.17, 15) is 14.7 Å². The van der Waals surface area contributed by atoms with Gasteiger partial charge in [0, 0.05) is 39.2 Å². The highest BCUT2D eigenvalue weighted by molar-refractivity contribution is 14.1. The number of hydrogen-bond donors (Lipinski definition) is 3. The fourth-order valence-electron chi connectivity index (χ4n) is 4.13. The minimum absolute atomic E-state index is 0.225. The Bertz CT molecular complexity index is 1000. The second-order valence-electron chi connectivity index (χ2n) is 7.79. The van der Waals surface area contributed by atoms with Crippen LogP contribution in [0.3, 0.4) is 0 Å². The first-order valence-corrected chi connectivity index (χ1v) is 11.1. The number of anilines is 1. The number of aliphatic hydroxyl groups excluding tert-OH is 1. The van der Waals surface area contributed by atoms with Crippen molar-refractivity contribution in [1.82, 2.24) is 10.2 Å². The number of aliphatic hydroxyl groups is 1. The molecule has 7 heteroatoms. The van der Waals surface area contributed by atoms with E-state index >= 15 is 0 Å². The number of carbonyl (C=O) groups is 2. The molecule has 0 bridgehead atoms. The van der Waals surface area contributed by atoms with Crippen molar-refractivity contribution in [3.63, 3.8) is 0 Å². The summed E-state index contributed by atoms with van der Waals surface area (Å²) in [5.41, 5.74) is 3.61. The van der Waals surface area contributed by atoms with Crippen LogP contribution in [0.15, 0.2) is 48.7 Å². The first-order chi connectivity index (χ1) is 14.4. The number of carbonyl (C=O) groups excluding carboxylic acids is 2. The highest BCUT2D eigenvalue weighted by atomic mass is 127. The molecule has 30 heavy (non-hydrogen) atoms. The van der Waals surface area contributed by atoms with Gasteiger partial charge in [-0.15, -0.1) is 0 Å². The first kappa shape index (κ1) is 21.0. The van der Waals surface area contributed by atoms with Gasteiger partial charge in [-0.05, 0) is 84.8 Å². The molecule has 2 heterocycles. The molecule has 2 aromatic carbocycles. The molecular formula is C23H24IN3O3. The van der Waals surface area contributed by atoms with Gasteiger partial charge in [-0.1, -0.05) is 12.1 Å². The van der Waals surface area contributed by atoms with Gasteiger partial charge >= 0.3 is 0 Å². The molecule has 0 aliphatic carbocycles. The summed E-state index contributed by atoms with van der Waals surface area (Å²) in [4.78, 5) is 26.8. The molecule has 0 aromatic heterocycles. The molecule has 0 radical (unpaired) electrons. The predicted molar refractivity (Wildman–Crippen MR) is 125 cm³/mol. The molecule has 2 amide bonds. The topological polar surface area (TPSA) is 81.7 Å². The van der Waals surface area contributed by atoms with Crippen molar-refractivity contribution in [2.75, 3.05) is 11.9 Å². The van der Waals surface area contributed by atoms with Gasteiger partial charge in [0.2, 0.25) is 0 Å². The highest BCUT2D eigenvalue weighted by Gasteiger charge is 2.28. The Morgan fingerprint density at radius 2 is 1.97 bits per heavy atom. The second kappa shape index (κ2) is 8.87. The Kier molecular flexibility index (Phi) is 6.21. The zero-order valence-electron chi connectivity index (χ0n) is 16.7. The molecule has 1 fully saturated rings. The van der Waals surface area contributed by atoms with Crippen molar-refractivity contribution in [2.45, 2.75) is 38.5 Å². The SMILES string of the molecule is CC(O)C1CCCN1Cc1ccc(N/C=C2\C(=O)NC(=O)c3ccc(I)cc32)cc1. The quantitative estimate of drug-likeness (QED) is 0.322. The van der Waals surface area contributed by atoms with Gasteiger partial charge in [-0.25, -0.2) is 0 Å². The van der Waals surface area contributed by atoms with E-state index in [0.29, 0.717) is 16.7 Å². The zero-order chi connectivity index (χ0) is 21.3. The van der Waals surface area contributed by atoms with E-state index in [0.717, 1.165) is 35.2 Å². The molecule has 2 aliphatic rings. The molecule has 2 aromatic rings. The summed E-state index contributed by atoms with van der Waals surface area (Å²) in [5, 5.41) is 15.5. The molecule has 0 spiro atoms. The molecule has 2 atom stereocenters. The van der Waals surface area contributed by atoms with Crippen molar-refractivity contribution >= 4 is 45.7 Å². The average molecular weight is 517 g/mol. The lowest BCUT2D eigenvalue weighted by Crippen LogP contribution is -2.36. The van der Waals surface area contributed by atoms with Crippen LogP contribution in [0.1, 0.15) is 41.3 Å². The Labute approximate surface area is 189 Å². The summed E-state index contributed by atoms with van der Waals surface area (Å²) in [5.74, 6) is -0.776. The molecule has 4 rings (SSSR count). The van der Waals surface area contributed by atoms with Crippen LogP contribution in [-0.2, 0) is 11.3 Å². The summed E-state index contributed by atoms with van der Waals surface area (Å²) in [6, 6.07) is 13.7. The van der Waals surface area contributed by atoms with Gasteiger partial charge in [0.05, 0.1) is 11.7 Å². The second-order valence-corrected chi connectivity index (χ2v) is 9.04. The molecule has 0 saturated carbocycles. The van der Waals surface area contributed by atoms with Crippen LogP contribution in [0.5, 0.6) is 0 Å². The van der Waals surface area contributed by atoms with Gasteiger partial charge < -0.3 is 10.4 Å². The summed E-state index contributed by atoms with van der Waals surface area (Å²) < 4.78 is 0.960. The number of fused-ring (bicyclic) bond motifs is 1. The lowest BCUT2D eigenvalue weighted by molar-refractivity contribution is -0.114. The average Bonchev–Trinajstić information content (AvgIpc) is 3.17. The maximum absolute atomic E-state index is 12.4. The maximum Gasteiger partial charge on any atom is 0.260 e. The number of halogens is 1. The van der Waals surface area contributed by atoms with Crippen LogP contribution in [0.25, 0.3) is 5.57 Å². The minimum atomic E-state index is -0.406. The van der Waals surface area contributed by atoms with Crippen LogP contribution in [0.4, 0.5) is 5.69 Å². The van der Waals surface area contributed by atoms with E-state index in [-0.39, 0.29) is 18.1 Å². The van der Waals surface area contributed by atoms with E-state index in [2.05, 4.69) is 50.3 Å². The molecule has 2 aliphatic heterocycles. The third-order valence-corrected chi connectivity index (χ3v) is 6.35. The standard InChI is InChI=1S/C23H24IN3O3/c1-14(28)21-3-2-10-27(21)13-15-4-7-17(8-5-15)25-12-20-19-11-16(24)6-9-18(19)22(29)26-23(20)30/h4-9,11-12,14,21,25,28H,2-3,10,13H2,1H3,(H,26,29,30)/b20-12-. The van der Waals surface area contributed by atoms with E-state index in [1.165, 1.54) is 5.56 Å². The zero-order valence-corrected chi connectivity index (χ0v) is 18.8. The molecule has 156 valence electrons. The molecular weight excluding hydrogens is 493 g/mol. The van der Waals surface area contributed by atoms with Crippen molar-refractivity contribution < 1.29 is 14.7 Å². The van der Waals surface area contributed by atoms with Crippen LogP contribution >= 0.6 is 22.6 Å². The normalized spacial score (nSPS) is 21.4. The number of nitrogens with one attached hydrogen (secondary N) is 2. The maximum atomic E-state index is 12.4. The number of hydrogen-bond acceptors (Lipinski definition) is 5. The van der Waals surface area contributed by atoms with Gasteiger partial charge in [-0.2, -0.15) is 0 Å². The fraction of sp³-hybridized carbons (Fsp3) is 0.304. The molecule has 3 N–H and O–H groups in total. The van der Waals surface area contributed by atoms with Crippen molar-refractivity contribution in [1.29, 1.82) is 0 Å². The Morgan fingerprint density at radius 3 is 2.70 bits per heavy atom. The van der Waals surface area contributed by atoms with Gasteiger partial charge in [0.15, 0.2) is 0 Å². The van der Waals surface area contributed by atoms with Crippen molar-refractivity contribution in [2.24, 2.45) is 0 Å². The lowest BCUT2D eigenvalue weighted by atomic mass is 9.95. The smallest absolute Gasteiger partial charge is 0.260 e. The molecule has 2 unspecified atom stereocenters. The van der Waals surface area contributed by atoms with Gasteiger partial charge in [-0.3, -0.25) is 19.8 Å². The van der Waals surface area contributed by atoms with Crippen LogP contribution in [-0.4, -0.2) is 40.5 Å². The Morgan fingerprint density at radius 1 is 1.20 bits per heavy atom. The number of nitrogens with zero attached hydrogens (tertiary/aromatic N) is 1. The highest BCUT2D eigenvalue weighted by Crippen LogP contribution is 2.27. The number of likely N-dealkylation sites (tertiary alicyclic amines) is 1.